The van der Waals surface area contributed by atoms with Crippen LogP contribution < -0.4 is 5.32 Å². The third-order valence-corrected chi connectivity index (χ3v) is 2.81. The Kier molecular flexibility index (Phi) is 3.59. The second kappa shape index (κ2) is 5.86. The Labute approximate surface area is 129 Å². The van der Waals surface area contributed by atoms with Gasteiger partial charge in [0.05, 0.1) is 23.0 Å². The van der Waals surface area contributed by atoms with E-state index in [9.17, 15) is 10.1 Å². The maximum absolute atomic E-state index is 10.7. The first kappa shape index (κ1) is 14.1. The second-order valence-electron chi connectivity index (χ2n) is 4.31. The number of nitrogens with one attached hydrogen (secondary N) is 1. The van der Waals surface area contributed by atoms with Crippen molar-refractivity contribution in [3.63, 3.8) is 0 Å². The molecule has 10 heteroatoms. The lowest BCUT2D eigenvalue weighted by atomic mass is 10.2. The zero-order chi connectivity index (χ0) is 16.2. The van der Waals surface area contributed by atoms with Crippen molar-refractivity contribution in [2.45, 2.75) is 0 Å². The number of anilines is 2. The Hall–Kier alpha value is -3.87. The van der Waals surface area contributed by atoms with E-state index in [2.05, 4.69) is 25.4 Å². The van der Waals surface area contributed by atoms with Crippen molar-refractivity contribution >= 4 is 17.2 Å². The minimum Gasteiger partial charge on any atom is -0.337 e. The highest BCUT2D eigenvalue weighted by atomic mass is 16.6. The predicted octanol–water partition coefficient (Wildman–Crippen LogP) is 1.58. The summed E-state index contributed by atoms with van der Waals surface area (Å²) in [5, 5.41) is 26.8. The van der Waals surface area contributed by atoms with Gasteiger partial charge in [0.25, 0.3) is 5.69 Å². The smallest absolute Gasteiger partial charge is 0.289 e. The molecule has 0 aliphatic carbocycles. The topological polar surface area (TPSA) is 135 Å². The second-order valence-corrected chi connectivity index (χ2v) is 4.31. The summed E-state index contributed by atoms with van der Waals surface area (Å²) in [7, 11) is 0. The van der Waals surface area contributed by atoms with Gasteiger partial charge >= 0.3 is 0 Å². The van der Waals surface area contributed by atoms with E-state index in [1.807, 2.05) is 6.07 Å². The molecule has 0 atom stereocenters. The summed E-state index contributed by atoms with van der Waals surface area (Å²) in [5.41, 5.74) is 0.346. The molecule has 1 N–H and O–H groups in total. The Balaban J connectivity index is 1.87. The van der Waals surface area contributed by atoms with Crippen LogP contribution in [0.2, 0.25) is 0 Å². The Morgan fingerprint density at radius 1 is 1.26 bits per heavy atom. The van der Waals surface area contributed by atoms with Crippen molar-refractivity contribution in [3.8, 4) is 12.0 Å². The van der Waals surface area contributed by atoms with Crippen LogP contribution in [0.4, 0.5) is 17.2 Å². The average Bonchev–Trinajstić information content (AvgIpc) is 3.04. The van der Waals surface area contributed by atoms with Gasteiger partial charge in [-0.25, -0.2) is 19.6 Å². The lowest BCUT2D eigenvalue weighted by Crippen LogP contribution is -2.00. The highest BCUT2D eigenvalue weighted by molar-refractivity contribution is 5.63. The Bertz CT molecular complexity index is 900. The third-order valence-electron chi connectivity index (χ3n) is 2.81. The molecule has 3 rings (SSSR count). The zero-order valence-corrected chi connectivity index (χ0v) is 11.5. The third kappa shape index (κ3) is 2.93. The van der Waals surface area contributed by atoms with Gasteiger partial charge in [0.1, 0.15) is 23.6 Å². The molecule has 0 radical (unpaired) electrons. The number of aromatic nitrogens is 5. The molecule has 0 bridgehead atoms. The summed E-state index contributed by atoms with van der Waals surface area (Å²) in [4.78, 5) is 22.1. The minimum absolute atomic E-state index is 0.0583. The Morgan fingerprint density at radius 3 is 2.74 bits per heavy atom. The molecule has 0 unspecified atom stereocenters. The van der Waals surface area contributed by atoms with E-state index < -0.39 is 4.92 Å². The van der Waals surface area contributed by atoms with Crippen molar-refractivity contribution in [2.75, 3.05) is 5.32 Å². The van der Waals surface area contributed by atoms with E-state index in [4.69, 9.17) is 5.26 Å². The fraction of sp³-hybridized carbons (Fsp3) is 0. The van der Waals surface area contributed by atoms with Gasteiger partial charge in [-0.05, 0) is 6.07 Å². The van der Waals surface area contributed by atoms with Crippen molar-refractivity contribution in [3.05, 3.63) is 58.8 Å². The monoisotopic (exact) mass is 308 g/mol. The van der Waals surface area contributed by atoms with E-state index in [0.29, 0.717) is 11.6 Å². The summed E-state index contributed by atoms with van der Waals surface area (Å²) in [6.07, 6.45) is 7.36. The van der Waals surface area contributed by atoms with Gasteiger partial charge in [-0.2, -0.15) is 10.4 Å². The first-order chi connectivity index (χ1) is 11.2. The van der Waals surface area contributed by atoms with Crippen molar-refractivity contribution < 1.29 is 4.92 Å². The number of nitriles is 1. The maximum Gasteiger partial charge on any atom is 0.289 e. The van der Waals surface area contributed by atoms with E-state index in [1.165, 1.54) is 10.9 Å². The molecule has 0 saturated carbocycles. The number of pyridine rings is 1. The van der Waals surface area contributed by atoms with Crippen LogP contribution in [0.15, 0.2) is 43.1 Å². The Morgan fingerprint density at radius 2 is 2.04 bits per heavy atom. The quantitative estimate of drug-likeness (QED) is 0.566. The standard InChI is InChI=1S/C13H8N8O2/c14-5-9-4-11(21(22)23)7-17-12(9)19-10-6-18-20(8-10)13-15-2-1-3-16-13/h1-4,6-8H,(H,17,19). The lowest BCUT2D eigenvalue weighted by Gasteiger charge is -2.04. The summed E-state index contributed by atoms with van der Waals surface area (Å²) in [6, 6.07) is 4.71. The van der Waals surface area contributed by atoms with Crippen LogP contribution in [-0.2, 0) is 0 Å². The molecular weight excluding hydrogens is 300 g/mol. The molecule has 0 aliphatic rings. The molecule has 0 aliphatic heterocycles. The van der Waals surface area contributed by atoms with Gasteiger partial charge in [0, 0.05) is 18.5 Å². The van der Waals surface area contributed by atoms with Crippen LogP contribution in [0.25, 0.3) is 5.95 Å². The molecular formula is C13H8N8O2. The lowest BCUT2D eigenvalue weighted by molar-refractivity contribution is -0.385. The highest BCUT2D eigenvalue weighted by Crippen LogP contribution is 2.22. The first-order valence-electron chi connectivity index (χ1n) is 6.31. The summed E-state index contributed by atoms with van der Waals surface area (Å²) in [6.45, 7) is 0. The molecule has 0 amide bonds. The molecule has 3 heterocycles. The van der Waals surface area contributed by atoms with Crippen LogP contribution in [-0.4, -0.2) is 29.7 Å². The van der Waals surface area contributed by atoms with E-state index in [0.717, 1.165) is 12.3 Å². The van der Waals surface area contributed by atoms with Crippen LogP contribution >= 0.6 is 0 Å². The van der Waals surface area contributed by atoms with Crippen LogP contribution in [0, 0.1) is 21.4 Å². The SMILES string of the molecule is N#Cc1cc([N+](=O)[O-])cnc1Nc1cnn(-c2ncccn2)c1. The van der Waals surface area contributed by atoms with Gasteiger partial charge in [0.2, 0.25) is 5.95 Å². The van der Waals surface area contributed by atoms with Gasteiger partial charge < -0.3 is 5.32 Å². The molecule has 3 aromatic heterocycles. The maximum atomic E-state index is 10.7. The zero-order valence-electron chi connectivity index (χ0n) is 11.5. The molecule has 112 valence electrons. The van der Waals surface area contributed by atoms with Crippen molar-refractivity contribution in [1.82, 2.24) is 24.7 Å². The molecule has 0 aromatic carbocycles. The van der Waals surface area contributed by atoms with E-state index in [-0.39, 0.29) is 17.1 Å². The number of nitrogens with zero attached hydrogens (tertiary/aromatic N) is 7. The number of nitro groups is 1. The van der Waals surface area contributed by atoms with Crippen LogP contribution in [0.5, 0.6) is 0 Å². The number of hydrogen-bond donors (Lipinski definition) is 1. The minimum atomic E-state index is -0.609. The van der Waals surface area contributed by atoms with Crippen molar-refractivity contribution in [2.24, 2.45) is 0 Å². The predicted molar refractivity (Wildman–Crippen MR) is 78.0 cm³/mol. The normalized spacial score (nSPS) is 10.0. The average molecular weight is 308 g/mol. The summed E-state index contributed by atoms with van der Waals surface area (Å²) < 4.78 is 1.44. The number of hydrogen-bond acceptors (Lipinski definition) is 8. The van der Waals surface area contributed by atoms with Gasteiger partial charge in [-0.15, -0.1) is 0 Å². The van der Waals surface area contributed by atoms with E-state index in [1.54, 1.807) is 24.7 Å². The van der Waals surface area contributed by atoms with Crippen LogP contribution in [0.3, 0.4) is 0 Å². The molecule has 10 nitrogen and oxygen atoms in total. The summed E-state index contributed by atoms with van der Waals surface area (Å²) in [5.74, 6) is 0.587. The fourth-order valence-electron chi connectivity index (χ4n) is 1.78. The molecule has 3 aromatic rings. The first-order valence-corrected chi connectivity index (χ1v) is 6.31. The molecule has 0 spiro atoms. The molecule has 23 heavy (non-hydrogen) atoms. The highest BCUT2D eigenvalue weighted by Gasteiger charge is 2.13. The van der Waals surface area contributed by atoms with Crippen molar-refractivity contribution in [1.29, 1.82) is 5.26 Å². The fourth-order valence-corrected chi connectivity index (χ4v) is 1.78. The van der Waals surface area contributed by atoms with Gasteiger partial charge in [-0.1, -0.05) is 0 Å². The molecule has 0 fully saturated rings. The largest absolute Gasteiger partial charge is 0.337 e. The summed E-state index contributed by atoms with van der Waals surface area (Å²) >= 11 is 0. The van der Waals surface area contributed by atoms with E-state index >= 15 is 0 Å². The van der Waals surface area contributed by atoms with Crippen LogP contribution in [0.1, 0.15) is 5.56 Å². The van der Waals surface area contributed by atoms with Gasteiger partial charge in [-0.3, -0.25) is 10.1 Å². The molecule has 0 saturated heterocycles. The number of rotatable bonds is 4. The van der Waals surface area contributed by atoms with Gasteiger partial charge in [0.15, 0.2) is 0 Å².